The minimum Gasteiger partial charge on any atom is -0.378 e. The van der Waals surface area contributed by atoms with Crippen molar-refractivity contribution < 1.29 is 4.74 Å². The van der Waals surface area contributed by atoms with Gasteiger partial charge in [-0.3, -0.25) is 0 Å². The molecule has 0 spiro atoms. The molecule has 3 nitrogen and oxygen atoms in total. The zero-order valence-corrected chi connectivity index (χ0v) is 10.3. The summed E-state index contributed by atoms with van der Waals surface area (Å²) in [7, 11) is 0. The molecule has 0 aromatic rings. The van der Waals surface area contributed by atoms with Crippen LogP contribution in [0.25, 0.3) is 0 Å². The van der Waals surface area contributed by atoms with Crippen LogP contribution < -0.4 is 11.1 Å². The third-order valence-corrected chi connectivity index (χ3v) is 4.19. The molecule has 2 rings (SSSR count). The Morgan fingerprint density at radius 3 is 2.75 bits per heavy atom. The number of nitrogens with two attached hydrogens (primary N) is 1. The summed E-state index contributed by atoms with van der Waals surface area (Å²) in [6.07, 6.45) is 8.31. The third kappa shape index (κ3) is 3.44. The van der Waals surface area contributed by atoms with Crippen molar-refractivity contribution in [2.45, 2.75) is 44.6 Å². The summed E-state index contributed by atoms with van der Waals surface area (Å²) in [6.45, 7) is 4.12. The van der Waals surface area contributed by atoms with Gasteiger partial charge in [0.2, 0.25) is 0 Å². The quantitative estimate of drug-likeness (QED) is 0.675. The lowest BCUT2D eigenvalue weighted by Gasteiger charge is -2.18. The Kier molecular flexibility index (Phi) is 5.07. The van der Waals surface area contributed by atoms with Crippen LogP contribution in [0.2, 0.25) is 0 Å². The van der Waals surface area contributed by atoms with E-state index in [9.17, 15) is 0 Å². The lowest BCUT2D eigenvalue weighted by molar-refractivity contribution is 0.104. The van der Waals surface area contributed by atoms with E-state index < -0.39 is 0 Å². The van der Waals surface area contributed by atoms with E-state index >= 15 is 0 Å². The molecule has 3 atom stereocenters. The largest absolute Gasteiger partial charge is 0.378 e. The molecule has 2 fully saturated rings. The first kappa shape index (κ1) is 12.3. The van der Waals surface area contributed by atoms with Crippen LogP contribution >= 0.6 is 0 Å². The molecule has 1 saturated heterocycles. The molecule has 1 heterocycles. The molecule has 2 aliphatic rings. The molecule has 3 heteroatoms. The van der Waals surface area contributed by atoms with Crippen molar-refractivity contribution in [1.82, 2.24) is 5.32 Å². The number of nitrogens with one attached hydrogen (secondary N) is 1. The highest BCUT2D eigenvalue weighted by molar-refractivity contribution is 4.79. The molecule has 3 N–H and O–H groups in total. The second-order valence-electron chi connectivity index (χ2n) is 5.31. The molecule has 0 radical (unpaired) electrons. The SMILES string of the molecule is NCC1CCCC1CNCCC1CCCO1. The Morgan fingerprint density at radius 1 is 1.12 bits per heavy atom. The van der Waals surface area contributed by atoms with Gasteiger partial charge in [-0.15, -0.1) is 0 Å². The van der Waals surface area contributed by atoms with E-state index in [1.165, 1.54) is 38.5 Å². The maximum atomic E-state index is 5.78. The maximum absolute atomic E-state index is 5.78. The van der Waals surface area contributed by atoms with Gasteiger partial charge in [-0.2, -0.15) is 0 Å². The Bertz CT molecular complexity index is 192. The molecule has 0 aromatic heterocycles. The van der Waals surface area contributed by atoms with E-state index in [1.54, 1.807) is 0 Å². The molecule has 16 heavy (non-hydrogen) atoms. The topological polar surface area (TPSA) is 47.3 Å². The molecule has 3 unspecified atom stereocenters. The molecule has 94 valence electrons. The van der Waals surface area contributed by atoms with Crippen LogP contribution in [0.5, 0.6) is 0 Å². The predicted molar refractivity (Wildman–Crippen MR) is 66.3 cm³/mol. The normalized spacial score (nSPS) is 34.7. The Morgan fingerprint density at radius 2 is 2.00 bits per heavy atom. The van der Waals surface area contributed by atoms with Gasteiger partial charge in [-0.25, -0.2) is 0 Å². The number of hydrogen-bond acceptors (Lipinski definition) is 3. The highest BCUT2D eigenvalue weighted by atomic mass is 16.5. The van der Waals surface area contributed by atoms with Crippen LogP contribution in [0.3, 0.4) is 0 Å². The molecule has 0 aromatic carbocycles. The van der Waals surface area contributed by atoms with Crippen LogP contribution in [0.15, 0.2) is 0 Å². The zero-order chi connectivity index (χ0) is 11.2. The van der Waals surface area contributed by atoms with Crippen molar-refractivity contribution >= 4 is 0 Å². The van der Waals surface area contributed by atoms with E-state index in [-0.39, 0.29) is 0 Å². The molecule has 0 amide bonds. The van der Waals surface area contributed by atoms with E-state index in [4.69, 9.17) is 10.5 Å². The smallest absolute Gasteiger partial charge is 0.0588 e. The highest BCUT2D eigenvalue weighted by Gasteiger charge is 2.25. The van der Waals surface area contributed by atoms with Gasteiger partial charge < -0.3 is 15.8 Å². The molecule has 1 aliphatic carbocycles. The Balaban J connectivity index is 1.53. The lowest BCUT2D eigenvalue weighted by Crippen LogP contribution is -2.30. The number of hydrogen-bond donors (Lipinski definition) is 2. The first-order valence-electron chi connectivity index (χ1n) is 6.92. The fourth-order valence-electron chi connectivity index (χ4n) is 3.12. The van der Waals surface area contributed by atoms with E-state index in [0.717, 1.165) is 38.1 Å². The Hall–Kier alpha value is -0.120. The van der Waals surface area contributed by atoms with E-state index in [0.29, 0.717) is 6.10 Å². The summed E-state index contributed by atoms with van der Waals surface area (Å²) in [5.41, 5.74) is 5.78. The first-order chi connectivity index (χ1) is 7.90. The summed E-state index contributed by atoms with van der Waals surface area (Å²) in [6, 6.07) is 0. The molecule has 1 aliphatic heterocycles. The van der Waals surface area contributed by atoms with Crippen LogP contribution in [-0.4, -0.2) is 32.3 Å². The summed E-state index contributed by atoms with van der Waals surface area (Å²) in [4.78, 5) is 0. The molecule has 1 saturated carbocycles. The van der Waals surface area contributed by atoms with Crippen LogP contribution in [0.1, 0.15) is 38.5 Å². The lowest BCUT2D eigenvalue weighted by atomic mass is 9.96. The minimum absolute atomic E-state index is 0.529. The highest BCUT2D eigenvalue weighted by Crippen LogP contribution is 2.30. The Labute approximate surface area is 99.1 Å². The first-order valence-corrected chi connectivity index (χ1v) is 6.92. The van der Waals surface area contributed by atoms with Gasteiger partial charge in [0.05, 0.1) is 6.10 Å². The standard InChI is InChI=1S/C13H26N2O/c14-9-11-3-1-4-12(11)10-15-7-6-13-5-2-8-16-13/h11-13,15H,1-10,14H2. The second kappa shape index (κ2) is 6.58. The fourth-order valence-corrected chi connectivity index (χ4v) is 3.12. The summed E-state index contributed by atoms with van der Waals surface area (Å²) < 4.78 is 5.61. The van der Waals surface area contributed by atoms with Crippen LogP contribution in [-0.2, 0) is 4.74 Å². The summed E-state index contributed by atoms with van der Waals surface area (Å²) >= 11 is 0. The van der Waals surface area contributed by atoms with Gasteiger partial charge in [0.25, 0.3) is 0 Å². The average Bonchev–Trinajstić information content (AvgIpc) is 2.95. The van der Waals surface area contributed by atoms with Crippen molar-refractivity contribution in [2.24, 2.45) is 17.6 Å². The minimum atomic E-state index is 0.529. The van der Waals surface area contributed by atoms with Gasteiger partial charge in [0, 0.05) is 6.61 Å². The molecular weight excluding hydrogens is 200 g/mol. The van der Waals surface area contributed by atoms with E-state index in [1.807, 2.05) is 0 Å². The summed E-state index contributed by atoms with van der Waals surface area (Å²) in [5, 5.41) is 3.58. The molecule has 0 bridgehead atoms. The van der Waals surface area contributed by atoms with Crippen LogP contribution in [0.4, 0.5) is 0 Å². The maximum Gasteiger partial charge on any atom is 0.0588 e. The number of ether oxygens (including phenoxy) is 1. The van der Waals surface area contributed by atoms with Gasteiger partial charge in [-0.1, -0.05) is 6.42 Å². The van der Waals surface area contributed by atoms with Gasteiger partial charge in [0.1, 0.15) is 0 Å². The van der Waals surface area contributed by atoms with Crippen molar-refractivity contribution in [3.63, 3.8) is 0 Å². The third-order valence-electron chi connectivity index (χ3n) is 4.19. The monoisotopic (exact) mass is 226 g/mol. The van der Waals surface area contributed by atoms with E-state index in [2.05, 4.69) is 5.32 Å². The number of rotatable bonds is 6. The predicted octanol–water partition coefficient (Wildman–Crippen LogP) is 1.52. The van der Waals surface area contributed by atoms with Gasteiger partial charge in [0.15, 0.2) is 0 Å². The second-order valence-corrected chi connectivity index (χ2v) is 5.31. The van der Waals surface area contributed by atoms with Gasteiger partial charge >= 0.3 is 0 Å². The van der Waals surface area contributed by atoms with Crippen molar-refractivity contribution in [1.29, 1.82) is 0 Å². The molecular formula is C13H26N2O. The average molecular weight is 226 g/mol. The fraction of sp³-hybridized carbons (Fsp3) is 1.00. The van der Waals surface area contributed by atoms with Crippen LogP contribution in [0, 0.1) is 11.8 Å². The van der Waals surface area contributed by atoms with Crippen molar-refractivity contribution in [3.8, 4) is 0 Å². The van der Waals surface area contributed by atoms with Crippen molar-refractivity contribution in [2.75, 3.05) is 26.2 Å². The van der Waals surface area contributed by atoms with Crippen molar-refractivity contribution in [3.05, 3.63) is 0 Å². The van der Waals surface area contributed by atoms with Gasteiger partial charge in [-0.05, 0) is 63.6 Å². The summed E-state index contributed by atoms with van der Waals surface area (Å²) in [5.74, 6) is 1.60. The zero-order valence-electron chi connectivity index (χ0n) is 10.3.